The summed E-state index contributed by atoms with van der Waals surface area (Å²) < 4.78 is 29.2. The molecular weight excluding hydrogens is 266 g/mol. The molecule has 0 aromatic heterocycles. The van der Waals surface area contributed by atoms with E-state index in [-0.39, 0.29) is 5.41 Å². The Morgan fingerprint density at radius 3 is 2.30 bits per heavy atom. The molecule has 3 aliphatic heterocycles. The zero-order chi connectivity index (χ0) is 15.9. The number of aliphatic hydroxyl groups excluding tert-OH is 1. The number of nitrogens with one attached hydrogen (secondary N) is 1. The molecule has 2 bridgehead atoms. The van der Waals surface area contributed by atoms with Gasteiger partial charge in [0.1, 0.15) is 11.6 Å². The molecule has 3 heterocycles. The van der Waals surface area contributed by atoms with E-state index in [2.05, 4.69) is 5.32 Å². The number of amides is 1. The summed E-state index contributed by atoms with van der Waals surface area (Å²) in [5.74, 6) is -1.64. The van der Waals surface area contributed by atoms with Crippen LogP contribution in [0.15, 0.2) is 0 Å². The fourth-order valence-corrected chi connectivity index (χ4v) is 2.00. The first-order valence-electron chi connectivity index (χ1n) is 7.15. The van der Waals surface area contributed by atoms with Crippen LogP contribution in [0.5, 0.6) is 0 Å². The Labute approximate surface area is 119 Å². The zero-order valence-corrected chi connectivity index (χ0v) is 12.3. The lowest BCUT2D eigenvalue weighted by atomic mass is 9.91. The molecule has 3 fully saturated rings. The van der Waals surface area contributed by atoms with Gasteiger partial charge in [0.05, 0.1) is 27.8 Å². The Balaban J connectivity index is 2.08. The van der Waals surface area contributed by atoms with Crippen molar-refractivity contribution in [1.29, 1.82) is 0 Å². The predicted molar refractivity (Wildman–Crippen MR) is 68.9 cm³/mol. The summed E-state index contributed by atoms with van der Waals surface area (Å²) in [6.07, 6.45) is -0.775. The van der Waals surface area contributed by atoms with Gasteiger partial charge in [-0.2, -0.15) is 0 Å². The van der Waals surface area contributed by atoms with Gasteiger partial charge in [0.15, 0.2) is 0 Å². The second-order valence-electron chi connectivity index (χ2n) is 6.55. The number of fused-ring (bicyclic) bond motifs is 3. The molecule has 7 nitrogen and oxygen atoms in total. The van der Waals surface area contributed by atoms with E-state index >= 15 is 0 Å². The molecule has 2 atom stereocenters. The highest BCUT2D eigenvalue weighted by atomic mass is 16.9. The molecule has 20 heavy (non-hydrogen) atoms. The van der Waals surface area contributed by atoms with E-state index in [4.69, 9.17) is 20.3 Å². The van der Waals surface area contributed by atoms with Gasteiger partial charge in [0, 0.05) is 5.41 Å². The highest BCUT2D eigenvalue weighted by molar-refractivity contribution is 5.68. The number of carbonyl (C=O) groups is 1. The average molecular weight is 290 g/mol. The lowest BCUT2D eigenvalue weighted by Crippen LogP contribution is -2.68. The van der Waals surface area contributed by atoms with E-state index in [0.717, 1.165) is 0 Å². The Kier molecular flexibility index (Phi) is 3.62. The van der Waals surface area contributed by atoms with Crippen molar-refractivity contribution in [3.63, 3.8) is 0 Å². The summed E-state index contributed by atoms with van der Waals surface area (Å²) in [7, 11) is 0. The number of aliphatic hydroxyl groups is 1. The van der Waals surface area contributed by atoms with E-state index in [1.54, 1.807) is 20.8 Å². The van der Waals surface area contributed by atoms with Gasteiger partial charge in [-0.25, -0.2) is 4.79 Å². The lowest BCUT2D eigenvalue weighted by Gasteiger charge is -2.52. The van der Waals surface area contributed by atoms with Crippen LogP contribution in [-0.4, -0.2) is 55.2 Å². The van der Waals surface area contributed by atoms with Crippen LogP contribution >= 0.6 is 0 Å². The normalized spacial score (nSPS) is 37.0. The Morgan fingerprint density at radius 1 is 1.40 bits per heavy atom. The maximum atomic E-state index is 11.9. The molecule has 1 amide bonds. The largest absolute Gasteiger partial charge is 0.444 e. The van der Waals surface area contributed by atoms with Crippen molar-refractivity contribution in [2.75, 3.05) is 26.4 Å². The van der Waals surface area contributed by atoms with Gasteiger partial charge in [0.25, 0.3) is 0 Å². The van der Waals surface area contributed by atoms with E-state index in [9.17, 15) is 9.90 Å². The van der Waals surface area contributed by atoms with Gasteiger partial charge < -0.3 is 29.4 Å². The van der Waals surface area contributed by atoms with E-state index < -0.39 is 30.3 Å². The average Bonchev–Trinajstić information content (AvgIpc) is 2.35. The first kappa shape index (κ1) is 14.1. The second kappa shape index (κ2) is 5.14. The third-order valence-electron chi connectivity index (χ3n) is 3.07. The molecule has 0 aromatic rings. The molecule has 3 aliphatic rings. The zero-order valence-electron chi connectivity index (χ0n) is 13.3. The van der Waals surface area contributed by atoms with Crippen molar-refractivity contribution in [3.05, 3.63) is 0 Å². The number of carbonyl (C=O) groups excluding carboxylic acids is 1. The number of hydrogen-bond acceptors (Lipinski definition) is 6. The lowest BCUT2D eigenvalue weighted by molar-refractivity contribution is -0.474. The fourth-order valence-electron chi connectivity index (χ4n) is 2.00. The molecule has 3 saturated heterocycles. The van der Waals surface area contributed by atoms with E-state index in [1.807, 2.05) is 6.92 Å². The van der Waals surface area contributed by atoms with Crippen molar-refractivity contribution in [2.45, 2.75) is 45.3 Å². The molecule has 2 N–H and O–H groups in total. The molecule has 116 valence electrons. The van der Waals surface area contributed by atoms with Crippen LogP contribution in [0.25, 0.3) is 0 Å². The Hall–Kier alpha value is -0.890. The molecule has 0 aromatic carbocycles. The molecule has 0 spiro atoms. The SMILES string of the molecule is [2H]C(O)[C@H](NC(=O)OC(C)(C)C)C12OCC(C)(CO1)CO2. The van der Waals surface area contributed by atoms with Gasteiger partial charge >= 0.3 is 12.1 Å². The molecule has 1 unspecified atom stereocenters. The fraction of sp³-hybridized carbons (Fsp3) is 0.923. The molecular formula is C13H23NO6. The summed E-state index contributed by atoms with van der Waals surface area (Å²) >= 11 is 0. The minimum atomic E-state index is -1.68. The maximum Gasteiger partial charge on any atom is 0.408 e. The van der Waals surface area contributed by atoms with Gasteiger partial charge in [-0.1, -0.05) is 6.92 Å². The second-order valence-corrected chi connectivity index (χ2v) is 6.55. The minimum absolute atomic E-state index is 0.245. The molecule has 0 radical (unpaired) electrons. The van der Waals surface area contributed by atoms with Crippen LogP contribution in [0, 0.1) is 5.41 Å². The van der Waals surface area contributed by atoms with Crippen LogP contribution < -0.4 is 5.32 Å². The van der Waals surface area contributed by atoms with Crippen molar-refractivity contribution >= 4 is 6.09 Å². The third-order valence-corrected chi connectivity index (χ3v) is 3.07. The maximum absolute atomic E-state index is 11.9. The number of alkyl carbamates (subject to hydrolysis) is 1. The first-order chi connectivity index (χ1) is 9.55. The van der Waals surface area contributed by atoms with Gasteiger partial charge in [-0.15, -0.1) is 0 Å². The van der Waals surface area contributed by atoms with Crippen LogP contribution in [0.1, 0.15) is 29.1 Å². The van der Waals surface area contributed by atoms with Crippen LogP contribution in [0.3, 0.4) is 0 Å². The summed E-state index contributed by atoms with van der Waals surface area (Å²) in [6, 6.07) is -1.21. The molecule has 0 aliphatic carbocycles. The first-order valence-corrected chi connectivity index (χ1v) is 6.57. The summed E-state index contributed by atoms with van der Waals surface area (Å²) in [5.41, 5.74) is -0.940. The number of rotatable bonds is 3. The summed E-state index contributed by atoms with van der Waals surface area (Å²) in [6.45, 7) is 6.52. The Bertz CT molecular complexity index is 383. The minimum Gasteiger partial charge on any atom is -0.444 e. The molecule has 7 heteroatoms. The van der Waals surface area contributed by atoms with Crippen molar-refractivity contribution in [1.82, 2.24) is 5.32 Å². The van der Waals surface area contributed by atoms with Crippen LogP contribution in [0.2, 0.25) is 0 Å². The van der Waals surface area contributed by atoms with Crippen LogP contribution in [0.4, 0.5) is 4.79 Å². The summed E-state index contributed by atoms with van der Waals surface area (Å²) in [4.78, 5) is 11.9. The predicted octanol–water partition coefficient (Wildman–Crippen LogP) is 0.609. The quantitative estimate of drug-likeness (QED) is 0.792. The van der Waals surface area contributed by atoms with Crippen molar-refractivity contribution in [2.24, 2.45) is 5.41 Å². The van der Waals surface area contributed by atoms with Crippen molar-refractivity contribution in [3.8, 4) is 0 Å². The van der Waals surface area contributed by atoms with Gasteiger partial charge in [-0.05, 0) is 20.8 Å². The third kappa shape index (κ3) is 3.22. The van der Waals surface area contributed by atoms with Gasteiger partial charge in [0.2, 0.25) is 0 Å². The highest BCUT2D eigenvalue weighted by Gasteiger charge is 2.55. The topological polar surface area (TPSA) is 86.3 Å². The standard InChI is InChI=1S/C13H23NO6/c1-11(2,3)20-10(16)14-9(5-15)13-17-6-12(4,7-18-13)8-19-13/h9,15H,5-8H2,1-4H3,(H,14,16)/t9-,12?,13?/m0/s1/i5D/t5?,9-,12?,13?. The number of ether oxygens (including phenoxy) is 4. The van der Waals surface area contributed by atoms with Crippen molar-refractivity contribution < 1.29 is 30.2 Å². The molecule has 0 saturated carbocycles. The smallest absolute Gasteiger partial charge is 0.408 e. The van der Waals surface area contributed by atoms with E-state index in [0.29, 0.717) is 19.8 Å². The number of hydrogen-bond donors (Lipinski definition) is 2. The highest BCUT2D eigenvalue weighted by Crippen LogP contribution is 2.39. The summed E-state index contributed by atoms with van der Waals surface area (Å²) in [5, 5.41) is 12.0. The Morgan fingerprint density at radius 2 is 1.90 bits per heavy atom. The van der Waals surface area contributed by atoms with E-state index in [1.165, 1.54) is 0 Å². The molecule has 3 rings (SSSR count). The monoisotopic (exact) mass is 290 g/mol. The van der Waals surface area contributed by atoms with Gasteiger partial charge in [-0.3, -0.25) is 0 Å². The van der Waals surface area contributed by atoms with Crippen LogP contribution in [-0.2, 0) is 18.9 Å².